The summed E-state index contributed by atoms with van der Waals surface area (Å²) in [7, 11) is 1.82. The lowest BCUT2D eigenvalue weighted by Gasteiger charge is -2.17. The Morgan fingerprint density at radius 1 is 1.62 bits per heavy atom. The molecular formula is C9H19N3O. The van der Waals surface area contributed by atoms with Gasteiger partial charge in [0.2, 0.25) is 0 Å². The van der Waals surface area contributed by atoms with E-state index in [1.54, 1.807) is 4.90 Å². The first-order chi connectivity index (χ1) is 6.06. The van der Waals surface area contributed by atoms with Crippen molar-refractivity contribution in [3.8, 4) is 0 Å². The number of carbonyl (C=O) groups is 1. The molecule has 2 amide bonds. The van der Waals surface area contributed by atoms with Crippen LogP contribution in [0.5, 0.6) is 0 Å². The summed E-state index contributed by atoms with van der Waals surface area (Å²) in [4.78, 5) is 15.2. The predicted molar refractivity (Wildman–Crippen MR) is 52.4 cm³/mol. The van der Waals surface area contributed by atoms with Gasteiger partial charge in [-0.15, -0.1) is 0 Å². The van der Waals surface area contributed by atoms with Gasteiger partial charge in [0, 0.05) is 26.7 Å². The predicted octanol–water partition coefficient (Wildman–Crippen LogP) is 0.337. The zero-order valence-corrected chi connectivity index (χ0v) is 8.66. The fraction of sp³-hybridized carbons (Fsp3) is 0.889. The standard InChI is InChI=1S/C9H19N3O/c1-7(2)5-12-6-8(4-10)11(3)9(12)13/h7-8H,4-6,10H2,1-3H3. The zero-order chi connectivity index (χ0) is 10.0. The summed E-state index contributed by atoms with van der Waals surface area (Å²) < 4.78 is 0. The number of carbonyl (C=O) groups excluding carboxylic acids is 1. The largest absolute Gasteiger partial charge is 0.328 e. The van der Waals surface area contributed by atoms with Crippen LogP contribution >= 0.6 is 0 Å². The number of urea groups is 1. The summed E-state index contributed by atoms with van der Waals surface area (Å²) >= 11 is 0. The Bertz CT molecular complexity index is 193. The first-order valence-corrected chi connectivity index (χ1v) is 4.78. The zero-order valence-electron chi connectivity index (χ0n) is 8.66. The molecule has 76 valence electrons. The van der Waals surface area contributed by atoms with Crippen LogP contribution in [0.15, 0.2) is 0 Å². The Kier molecular flexibility index (Phi) is 3.14. The molecule has 1 aliphatic heterocycles. The van der Waals surface area contributed by atoms with Gasteiger partial charge in [0.1, 0.15) is 0 Å². The van der Waals surface area contributed by atoms with Crippen molar-refractivity contribution in [2.75, 3.05) is 26.7 Å². The van der Waals surface area contributed by atoms with Crippen LogP contribution in [0.3, 0.4) is 0 Å². The first-order valence-electron chi connectivity index (χ1n) is 4.78. The average Bonchev–Trinajstić information content (AvgIpc) is 2.32. The van der Waals surface area contributed by atoms with E-state index in [1.807, 2.05) is 11.9 Å². The Hall–Kier alpha value is -0.770. The van der Waals surface area contributed by atoms with E-state index in [0.717, 1.165) is 13.1 Å². The third-order valence-corrected chi connectivity index (χ3v) is 2.41. The van der Waals surface area contributed by atoms with E-state index in [2.05, 4.69) is 13.8 Å². The number of hydrogen-bond acceptors (Lipinski definition) is 2. The third-order valence-electron chi connectivity index (χ3n) is 2.41. The highest BCUT2D eigenvalue weighted by Crippen LogP contribution is 2.14. The molecule has 1 atom stereocenters. The highest BCUT2D eigenvalue weighted by atomic mass is 16.2. The van der Waals surface area contributed by atoms with E-state index in [1.165, 1.54) is 0 Å². The average molecular weight is 185 g/mol. The highest BCUT2D eigenvalue weighted by Gasteiger charge is 2.33. The van der Waals surface area contributed by atoms with Crippen molar-refractivity contribution >= 4 is 6.03 Å². The summed E-state index contributed by atoms with van der Waals surface area (Å²) in [6, 6.07) is 0.315. The van der Waals surface area contributed by atoms with Gasteiger partial charge in [0.15, 0.2) is 0 Å². The van der Waals surface area contributed by atoms with Crippen molar-refractivity contribution in [1.29, 1.82) is 0 Å². The van der Waals surface area contributed by atoms with Crippen LogP contribution in [0.1, 0.15) is 13.8 Å². The summed E-state index contributed by atoms with van der Waals surface area (Å²) in [5.41, 5.74) is 5.56. The Labute approximate surface area is 79.7 Å². The van der Waals surface area contributed by atoms with Crippen LogP contribution in [0.2, 0.25) is 0 Å². The summed E-state index contributed by atoms with van der Waals surface area (Å²) in [5.74, 6) is 0.522. The number of nitrogens with zero attached hydrogens (tertiary/aromatic N) is 2. The SMILES string of the molecule is CC(C)CN1CC(CN)N(C)C1=O. The van der Waals surface area contributed by atoms with Crippen LogP contribution in [-0.4, -0.2) is 48.6 Å². The number of amides is 2. The number of rotatable bonds is 3. The molecule has 1 saturated heterocycles. The van der Waals surface area contributed by atoms with Crippen LogP contribution in [0.25, 0.3) is 0 Å². The van der Waals surface area contributed by atoms with Crippen molar-refractivity contribution in [2.24, 2.45) is 11.7 Å². The molecule has 0 aromatic carbocycles. The maximum absolute atomic E-state index is 11.6. The van der Waals surface area contributed by atoms with E-state index in [4.69, 9.17) is 5.73 Å². The van der Waals surface area contributed by atoms with E-state index in [0.29, 0.717) is 12.5 Å². The Morgan fingerprint density at radius 2 is 2.23 bits per heavy atom. The molecule has 13 heavy (non-hydrogen) atoms. The third kappa shape index (κ3) is 2.12. The van der Waals surface area contributed by atoms with Gasteiger partial charge in [-0.1, -0.05) is 13.8 Å². The minimum Gasteiger partial charge on any atom is -0.328 e. The van der Waals surface area contributed by atoms with Crippen molar-refractivity contribution in [3.05, 3.63) is 0 Å². The van der Waals surface area contributed by atoms with Crippen LogP contribution in [0.4, 0.5) is 4.79 Å². The van der Waals surface area contributed by atoms with Crippen LogP contribution < -0.4 is 5.73 Å². The molecule has 0 aromatic heterocycles. The maximum atomic E-state index is 11.6. The van der Waals surface area contributed by atoms with Gasteiger partial charge >= 0.3 is 6.03 Å². The monoisotopic (exact) mass is 185 g/mol. The molecule has 1 unspecified atom stereocenters. The molecule has 4 nitrogen and oxygen atoms in total. The smallest absolute Gasteiger partial charge is 0.320 e. The second kappa shape index (κ2) is 3.96. The van der Waals surface area contributed by atoms with Gasteiger partial charge in [-0.2, -0.15) is 0 Å². The van der Waals surface area contributed by atoms with Crippen molar-refractivity contribution in [1.82, 2.24) is 9.80 Å². The lowest BCUT2D eigenvalue weighted by molar-refractivity contribution is 0.192. The molecular weight excluding hydrogens is 166 g/mol. The first kappa shape index (κ1) is 10.3. The fourth-order valence-electron chi connectivity index (χ4n) is 1.66. The van der Waals surface area contributed by atoms with Crippen molar-refractivity contribution < 1.29 is 4.79 Å². The van der Waals surface area contributed by atoms with E-state index >= 15 is 0 Å². The van der Waals surface area contributed by atoms with Gasteiger partial charge in [0.05, 0.1) is 6.04 Å². The quantitative estimate of drug-likeness (QED) is 0.689. The Morgan fingerprint density at radius 3 is 2.62 bits per heavy atom. The van der Waals surface area contributed by atoms with Gasteiger partial charge in [-0.3, -0.25) is 0 Å². The second-order valence-electron chi connectivity index (χ2n) is 4.08. The number of likely N-dealkylation sites (N-methyl/N-ethyl adjacent to an activating group) is 1. The minimum atomic E-state index is 0.115. The topological polar surface area (TPSA) is 49.6 Å². The van der Waals surface area contributed by atoms with Gasteiger partial charge in [0.25, 0.3) is 0 Å². The number of hydrogen-bond donors (Lipinski definition) is 1. The van der Waals surface area contributed by atoms with Crippen molar-refractivity contribution in [3.63, 3.8) is 0 Å². The molecule has 2 N–H and O–H groups in total. The van der Waals surface area contributed by atoms with Gasteiger partial charge in [-0.25, -0.2) is 4.79 Å². The summed E-state index contributed by atoms with van der Waals surface area (Å²) in [6.07, 6.45) is 0. The molecule has 0 radical (unpaired) electrons. The molecule has 1 fully saturated rings. The molecule has 0 aromatic rings. The molecule has 0 bridgehead atoms. The molecule has 0 spiro atoms. The minimum absolute atomic E-state index is 0.115. The van der Waals surface area contributed by atoms with E-state index in [9.17, 15) is 4.79 Å². The summed E-state index contributed by atoms with van der Waals surface area (Å²) in [6.45, 7) is 6.40. The van der Waals surface area contributed by atoms with Gasteiger partial charge in [-0.05, 0) is 5.92 Å². The molecule has 1 rings (SSSR count). The summed E-state index contributed by atoms with van der Waals surface area (Å²) in [5, 5.41) is 0. The Balaban J connectivity index is 2.55. The van der Waals surface area contributed by atoms with Crippen molar-refractivity contribution in [2.45, 2.75) is 19.9 Å². The molecule has 0 saturated carbocycles. The fourth-order valence-corrected chi connectivity index (χ4v) is 1.66. The van der Waals surface area contributed by atoms with Gasteiger partial charge < -0.3 is 15.5 Å². The number of nitrogens with two attached hydrogens (primary N) is 1. The van der Waals surface area contributed by atoms with Crippen LogP contribution in [0, 0.1) is 5.92 Å². The molecule has 0 aliphatic carbocycles. The second-order valence-corrected chi connectivity index (χ2v) is 4.08. The highest BCUT2D eigenvalue weighted by molar-refractivity contribution is 5.76. The lowest BCUT2D eigenvalue weighted by atomic mass is 10.2. The lowest BCUT2D eigenvalue weighted by Crippen LogP contribution is -2.35. The molecule has 1 heterocycles. The van der Waals surface area contributed by atoms with E-state index < -0.39 is 0 Å². The van der Waals surface area contributed by atoms with E-state index in [-0.39, 0.29) is 12.1 Å². The van der Waals surface area contributed by atoms with Crippen LogP contribution in [-0.2, 0) is 0 Å². The molecule has 1 aliphatic rings. The molecule has 4 heteroatoms. The maximum Gasteiger partial charge on any atom is 0.320 e. The normalized spacial score (nSPS) is 23.5.